The van der Waals surface area contributed by atoms with Crippen molar-refractivity contribution in [1.82, 2.24) is 0 Å². The molecule has 2 aromatic carbocycles. The number of nitrogens with one attached hydrogen (secondary N) is 1. The third kappa shape index (κ3) is 4.43. The Morgan fingerprint density at radius 2 is 1.95 bits per heavy atom. The third-order valence-corrected chi connectivity index (χ3v) is 3.17. The number of anilines is 1. The Morgan fingerprint density at radius 1 is 1.19 bits per heavy atom. The highest BCUT2D eigenvalue weighted by molar-refractivity contribution is 6.30. The summed E-state index contributed by atoms with van der Waals surface area (Å²) in [4.78, 5) is 0. The van der Waals surface area contributed by atoms with Crippen LogP contribution in [0.2, 0.25) is 5.02 Å². The second-order valence-electron chi connectivity index (χ2n) is 4.44. The first-order valence-electron chi connectivity index (χ1n) is 6.63. The van der Waals surface area contributed by atoms with E-state index in [9.17, 15) is 0 Å². The van der Waals surface area contributed by atoms with Gasteiger partial charge < -0.3 is 14.8 Å². The van der Waals surface area contributed by atoms with Crippen LogP contribution < -0.4 is 14.8 Å². The molecular formula is C17H18ClNO2. The number of hydrogen-bond acceptors (Lipinski definition) is 3. The van der Waals surface area contributed by atoms with E-state index in [-0.39, 0.29) is 0 Å². The summed E-state index contributed by atoms with van der Waals surface area (Å²) in [6.45, 7) is 4.81. The summed E-state index contributed by atoms with van der Waals surface area (Å²) in [5, 5.41) is 3.99. The number of halogens is 1. The molecule has 0 saturated heterocycles. The quantitative estimate of drug-likeness (QED) is 0.763. The van der Waals surface area contributed by atoms with Gasteiger partial charge in [0.05, 0.1) is 12.8 Å². The number of benzene rings is 2. The van der Waals surface area contributed by atoms with Crippen LogP contribution in [0.4, 0.5) is 5.69 Å². The van der Waals surface area contributed by atoms with Crippen molar-refractivity contribution in [1.29, 1.82) is 0 Å². The zero-order valence-corrected chi connectivity index (χ0v) is 12.7. The Hall–Kier alpha value is -2.13. The van der Waals surface area contributed by atoms with Crippen molar-refractivity contribution < 1.29 is 9.47 Å². The fraction of sp³-hybridized carbons (Fsp3) is 0.176. The van der Waals surface area contributed by atoms with Gasteiger partial charge in [0, 0.05) is 11.6 Å². The lowest BCUT2D eigenvalue weighted by atomic mass is 10.2. The molecule has 0 unspecified atom stereocenters. The molecule has 21 heavy (non-hydrogen) atoms. The first kappa shape index (κ1) is 15.3. The standard InChI is InChI=1S/C17H18ClNO2/c1-3-10-21-15-7-4-13(5-8-15)12-19-16-11-14(18)6-9-17(16)20-2/h3-9,11,19H,1,10,12H2,2H3. The monoisotopic (exact) mass is 303 g/mol. The van der Waals surface area contributed by atoms with E-state index in [2.05, 4.69) is 11.9 Å². The van der Waals surface area contributed by atoms with Crippen molar-refractivity contribution in [2.24, 2.45) is 0 Å². The number of methoxy groups -OCH3 is 1. The number of hydrogen-bond donors (Lipinski definition) is 1. The molecule has 4 heteroatoms. The van der Waals surface area contributed by atoms with E-state index >= 15 is 0 Å². The van der Waals surface area contributed by atoms with Gasteiger partial charge in [-0.1, -0.05) is 36.4 Å². The van der Waals surface area contributed by atoms with Gasteiger partial charge in [0.25, 0.3) is 0 Å². The van der Waals surface area contributed by atoms with E-state index < -0.39 is 0 Å². The lowest BCUT2D eigenvalue weighted by Crippen LogP contribution is -2.01. The zero-order chi connectivity index (χ0) is 15.1. The molecule has 0 amide bonds. The van der Waals surface area contributed by atoms with E-state index in [1.807, 2.05) is 36.4 Å². The molecule has 0 saturated carbocycles. The van der Waals surface area contributed by atoms with Crippen LogP contribution in [-0.2, 0) is 6.54 Å². The minimum atomic E-state index is 0.511. The van der Waals surface area contributed by atoms with Gasteiger partial charge in [0.2, 0.25) is 0 Å². The fourth-order valence-electron chi connectivity index (χ4n) is 1.87. The van der Waals surface area contributed by atoms with Crippen LogP contribution in [0.5, 0.6) is 11.5 Å². The smallest absolute Gasteiger partial charge is 0.142 e. The second kappa shape index (κ2) is 7.60. The molecule has 3 nitrogen and oxygen atoms in total. The molecule has 0 heterocycles. The van der Waals surface area contributed by atoms with Crippen molar-refractivity contribution in [2.45, 2.75) is 6.54 Å². The predicted octanol–water partition coefficient (Wildman–Crippen LogP) is 4.53. The van der Waals surface area contributed by atoms with Crippen molar-refractivity contribution in [3.05, 3.63) is 65.7 Å². The Kier molecular flexibility index (Phi) is 5.52. The molecule has 0 fully saturated rings. The van der Waals surface area contributed by atoms with E-state index in [1.54, 1.807) is 19.3 Å². The van der Waals surface area contributed by atoms with Crippen LogP contribution in [0.1, 0.15) is 5.56 Å². The summed E-state index contributed by atoms with van der Waals surface area (Å²) in [7, 11) is 1.64. The lowest BCUT2D eigenvalue weighted by molar-refractivity contribution is 0.363. The molecular weight excluding hydrogens is 286 g/mol. The molecule has 1 N–H and O–H groups in total. The van der Waals surface area contributed by atoms with Crippen LogP contribution in [0, 0.1) is 0 Å². The van der Waals surface area contributed by atoms with Crippen LogP contribution >= 0.6 is 11.6 Å². The maximum absolute atomic E-state index is 6.00. The zero-order valence-electron chi connectivity index (χ0n) is 11.9. The van der Waals surface area contributed by atoms with Crippen molar-refractivity contribution in [3.8, 4) is 11.5 Å². The molecule has 110 valence electrons. The maximum Gasteiger partial charge on any atom is 0.142 e. The molecule has 0 aliphatic rings. The number of rotatable bonds is 7. The molecule has 0 radical (unpaired) electrons. The van der Waals surface area contributed by atoms with Crippen LogP contribution in [0.25, 0.3) is 0 Å². The average Bonchev–Trinajstić information content (AvgIpc) is 2.52. The Labute approximate surface area is 130 Å². The van der Waals surface area contributed by atoms with E-state index in [0.717, 1.165) is 22.7 Å². The van der Waals surface area contributed by atoms with Crippen LogP contribution in [0.15, 0.2) is 55.1 Å². The molecule has 0 atom stereocenters. The summed E-state index contributed by atoms with van der Waals surface area (Å²) in [5.74, 6) is 1.60. The summed E-state index contributed by atoms with van der Waals surface area (Å²) < 4.78 is 10.8. The Balaban J connectivity index is 1.99. The summed E-state index contributed by atoms with van der Waals surface area (Å²) in [6, 6.07) is 13.4. The number of ether oxygens (including phenoxy) is 2. The molecule has 0 aromatic heterocycles. The second-order valence-corrected chi connectivity index (χ2v) is 4.88. The van der Waals surface area contributed by atoms with Gasteiger partial charge in [-0.15, -0.1) is 0 Å². The highest BCUT2D eigenvalue weighted by Crippen LogP contribution is 2.28. The molecule has 0 spiro atoms. The molecule has 0 bridgehead atoms. The first-order chi connectivity index (χ1) is 10.2. The predicted molar refractivity (Wildman–Crippen MR) is 87.5 cm³/mol. The fourth-order valence-corrected chi connectivity index (χ4v) is 2.05. The van der Waals surface area contributed by atoms with Crippen molar-refractivity contribution in [3.63, 3.8) is 0 Å². The van der Waals surface area contributed by atoms with Crippen LogP contribution in [-0.4, -0.2) is 13.7 Å². The SMILES string of the molecule is C=CCOc1ccc(CNc2cc(Cl)ccc2OC)cc1. The minimum Gasteiger partial charge on any atom is -0.495 e. The first-order valence-corrected chi connectivity index (χ1v) is 7.01. The van der Waals surface area contributed by atoms with E-state index in [4.69, 9.17) is 21.1 Å². The van der Waals surface area contributed by atoms with E-state index in [1.165, 1.54) is 0 Å². The maximum atomic E-state index is 6.00. The molecule has 2 aromatic rings. The lowest BCUT2D eigenvalue weighted by Gasteiger charge is -2.12. The summed E-state index contributed by atoms with van der Waals surface area (Å²) in [6.07, 6.45) is 1.72. The third-order valence-electron chi connectivity index (χ3n) is 2.94. The van der Waals surface area contributed by atoms with Gasteiger partial charge in [-0.3, -0.25) is 0 Å². The highest BCUT2D eigenvalue weighted by Gasteiger charge is 2.03. The minimum absolute atomic E-state index is 0.511. The topological polar surface area (TPSA) is 30.5 Å². The van der Waals surface area contributed by atoms with Gasteiger partial charge in [-0.05, 0) is 35.9 Å². The molecule has 2 rings (SSSR count). The largest absolute Gasteiger partial charge is 0.495 e. The summed E-state index contributed by atoms with van der Waals surface area (Å²) in [5.41, 5.74) is 2.01. The van der Waals surface area contributed by atoms with Gasteiger partial charge in [-0.2, -0.15) is 0 Å². The normalized spacial score (nSPS) is 10.0. The van der Waals surface area contributed by atoms with Gasteiger partial charge in [0.1, 0.15) is 18.1 Å². The molecule has 0 aliphatic carbocycles. The average molecular weight is 304 g/mol. The van der Waals surface area contributed by atoms with E-state index in [0.29, 0.717) is 18.2 Å². The molecule has 0 aliphatic heterocycles. The summed E-state index contributed by atoms with van der Waals surface area (Å²) >= 11 is 6.00. The van der Waals surface area contributed by atoms with Crippen LogP contribution in [0.3, 0.4) is 0 Å². The van der Waals surface area contributed by atoms with Crippen molar-refractivity contribution >= 4 is 17.3 Å². The Bertz CT molecular complexity index is 596. The van der Waals surface area contributed by atoms with Gasteiger partial charge >= 0.3 is 0 Å². The Morgan fingerprint density at radius 3 is 2.62 bits per heavy atom. The van der Waals surface area contributed by atoms with Gasteiger partial charge in [0.15, 0.2) is 0 Å². The highest BCUT2D eigenvalue weighted by atomic mass is 35.5. The van der Waals surface area contributed by atoms with Crippen molar-refractivity contribution in [2.75, 3.05) is 19.0 Å². The van der Waals surface area contributed by atoms with Gasteiger partial charge in [-0.25, -0.2) is 0 Å².